The molecule has 0 spiro atoms. The Morgan fingerprint density at radius 2 is 1.85 bits per heavy atom. The van der Waals surface area contributed by atoms with Gasteiger partial charge in [0.25, 0.3) is 5.09 Å². The molecule has 0 aromatic carbocycles. The average molecular weight is 375 g/mol. The van der Waals surface area contributed by atoms with E-state index >= 15 is 0 Å². The van der Waals surface area contributed by atoms with Crippen molar-refractivity contribution >= 4 is 5.91 Å². The number of ether oxygens (including phenoxy) is 3. The van der Waals surface area contributed by atoms with Crippen molar-refractivity contribution in [1.29, 1.82) is 0 Å². The van der Waals surface area contributed by atoms with Crippen molar-refractivity contribution in [3.63, 3.8) is 0 Å². The van der Waals surface area contributed by atoms with E-state index in [4.69, 9.17) is 14.2 Å². The molecule has 5 atom stereocenters. The van der Waals surface area contributed by atoms with Crippen LogP contribution in [0.15, 0.2) is 0 Å². The lowest BCUT2D eigenvalue weighted by Crippen LogP contribution is -2.50. The minimum Gasteiger partial charge on any atom is -0.389 e. The molecular formula is C15H25N3O8. The van der Waals surface area contributed by atoms with Crippen LogP contribution >= 0.6 is 0 Å². The number of aliphatic hydroxyl groups excluding tert-OH is 1. The quantitative estimate of drug-likeness (QED) is 0.408. The summed E-state index contributed by atoms with van der Waals surface area (Å²) in [5.74, 6) is 0.0697. The molecule has 3 heterocycles. The Hall–Kier alpha value is -1.53. The molecule has 3 aliphatic rings. The van der Waals surface area contributed by atoms with Gasteiger partial charge in [-0.3, -0.25) is 9.69 Å². The molecule has 1 amide bonds. The van der Waals surface area contributed by atoms with Gasteiger partial charge in [0.2, 0.25) is 5.91 Å². The molecule has 3 rings (SSSR count). The molecule has 0 saturated carbocycles. The van der Waals surface area contributed by atoms with Gasteiger partial charge in [-0.05, 0) is 0 Å². The van der Waals surface area contributed by atoms with Crippen molar-refractivity contribution in [1.82, 2.24) is 9.80 Å². The molecule has 1 unspecified atom stereocenters. The van der Waals surface area contributed by atoms with Gasteiger partial charge in [-0.2, -0.15) is 0 Å². The van der Waals surface area contributed by atoms with Crippen molar-refractivity contribution in [2.75, 3.05) is 52.5 Å². The van der Waals surface area contributed by atoms with Crippen molar-refractivity contribution in [2.45, 2.75) is 37.4 Å². The Labute approximate surface area is 150 Å². The molecule has 0 aromatic rings. The van der Waals surface area contributed by atoms with E-state index in [0.717, 1.165) is 13.1 Å². The van der Waals surface area contributed by atoms with Crippen LogP contribution in [0.5, 0.6) is 0 Å². The van der Waals surface area contributed by atoms with E-state index in [1.807, 2.05) is 0 Å². The van der Waals surface area contributed by atoms with Crippen LogP contribution in [0.3, 0.4) is 0 Å². The number of nitrogens with zero attached hydrogens (tertiary/aromatic N) is 3. The maximum absolute atomic E-state index is 11.3. The first-order chi connectivity index (χ1) is 12.4. The Bertz CT molecular complexity index is 513. The Morgan fingerprint density at radius 3 is 2.46 bits per heavy atom. The summed E-state index contributed by atoms with van der Waals surface area (Å²) in [4.78, 5) is 30.2. The zero-order valence-electron chi connectivity index (χ0n) is 14.7. The highest BCUT2D eigenvalue weighted by Gasteiger charge is 2.50. The molecular weight excluding hydrogens is 350 g/mol. The summed E-state index contributed by atoms with van der Waals surface area (Å²) in [5.41, 5.74) is 0. The number of carbonyl (C=O) groups is 1. The summed E-state index contributed by atoms with van der Waals surface area (Å²) in [6.45, 7) is 5.23. The number of hydrogen-bond acceptors (Lipinski definition) is 9. The molecule has 148 valence electrons. The number of aliphatic hydroxyl groups is 1. The Kier molecular flexibility index (Phi) is 6.24. The zero-order valence-corrected chi connectivity index (χ0v) is 14.7. The summed E-state index contributed by atoms with van der Waals surface area (Å²) in [5, 5.41) is 19.8. The summed E-state index contributed by atoms with van der Waals surface area (Å²) in [6.07, 6.45) is -2.76. The molecule has 11 nitrogen and oxygen atoms in total. The second-order valence-electron chi connectivity index (χ2n) is 6.80. The molecule has 0 aromatic heterocycles. The van der Waals surface area contributed by atoms with Crippen LogP contribution in [0.25, 0.3) is 0 Å². The minimum absolute atomic E-state index is 0.0697. The number of amides is 1. The normalized spacial score (nSPS) is 33.1. The van der Waals surface area contributed by atoms with Crippen LogP contribution in [0, 0.1) is 10.1 Å². The highest BCUT2D eigenvalue weighted by Crippen LogP contribution is 2.30. The van der Waals surface area contributed by atoms with Gasteiger partial charge in [-0.1, -0.05) is 0 Å². The summed E-state index contributed by atoms with van der Waals surface area (Å²) < 4.78 is 16.7. The topological polar surface area (TPSA) is 124 Å². The van der Waals surface area contributed by atoms with E-state index in [-0.39, 0.29) is 31.8 Å². The molecule has 3 saturated heterocycles. The molecule has 0 aliphatic carbocycles. The van der Waals surface area contributed by atoms with Crippen LogP contribution < -0.4 is 0 Å². The van der Waals surface area contributed by atoms with Gasteiger partial charge < -0.3 is 29.1 Å². The SMILES string of the molecule is CC(=O)N1CCN(CC(O)CO[C@H]2CO[C@H]3[C@@H]2OC[C@H]3O[N+](=O)[O-])CC1. The van der Waals surface area contributed by atoms with E-state index in [1.54, 1.807) is 11.8 Å². The third-order valence-electron chi connectivity index (χ3n) is 4.97. The lowest BCUT2D eigenvalue weighted by atomic mass is 10.1. The fourth-order valence-electron chi connectivity index (χ4n) is 3.60. The first-order valence-corrected chi connectivity index (χ1v) is 8.76. The van der Waals surface area contributed by atoms with Crippen molar-refractivity contribution in [3.8, 4) is 0 Å². The first kappa shape index (κ1) is 19.2. The smallest absolute Gasteiger partial charge is 0.294 e. The maximum atomic E-state index is 11.3. The fourth-order valence-corrected chi connectivity index (χ4v) is 3.60. The molecule has 0 bridgehead atoms. The maximum Gasteiger partial charge on any atom is 0.294 e. The van der Waals surface area contributed by atoms with Gasteiger partial charge in [0.1, 0.15) is 18.3 Å². The van der Waals surface area contributed by atoms with E-state index in [1.165, 1.54) is 0 Å². The van der Waals surface area contributed by atoms with Gasteiger partial charge in [-0.15, -0.1) is 10.1 Å². The van der Waals surface area contributed by atoms with E-state index in [2.05, 4.69) is 9.74 Å². The van der Waals surface area contributed by atoms with E-state index in [9.17, 15) is 20.0 Å². The largest absolute Gasteiger partial charge is 0.389 e. The lowest BCUT2D eigenvalue weighted by Gasteiger charge is -2.35. The summed E-state index contributed by atoms with van der Waals surface area (Å²) in [6, 6.07) is 0. The van der Waals surface area contributed by atoms with E-state index < -0.39 is 29.5 Å². The average Bonchev–Trinajstić information content (AvgIpc) is 3.16. The fraction of sp³-hybridized carbons (Fsp3) is 0.933. The van der Waals surface area contributed by atoms with Gasteiger partial charge in [0.05, 0.1) is 25.9 Å². The summed E-state index contributed by atoms with van der Waals surface area (Å²) in [7, 11) is 0. The van der Waals surface area contributed by atoms with Crippen LogP contribution in [0.4, 0.5) is 0 Å². The molecule has 3 fully saturated rings. The van der Waals surface area contributed by atoms with E-state index in [0.29, 0.717) is 19.6 Å². The monoisotopic (exact) mass is 375 g/mol. The van der Waals surface area contributed by atoms with Crippen LogP contribution in [0.1, 0.15) is 6.92 Å². The number of piperazine rings is 1. The van der Waals surface area contributed by atoms with Crippen LogP contribution in [-0.2, 0) is 23.8 Å². The Morgan fingerprint density at radius 1 is 1.23 bits per heavy atom. The lowest BCUT2D eigenvalue weighted by molar-refractivity contribution is -0.769. The number of hydrogen-bond donors (Lipinski definition) is 1. The second kappa shape index (κ2) is 8.44. The van der Waals surface area contributed by atoms with Crippen molar-refractivity contribution in [3.05, 3.63) is 10.1 Å². The number of β-amino-alcohol motifs (C(OH)–C–C–N with tert-alkyl or cyclic N) is 1. The van der Waals surface area contributed by atoms with Gasteiger partial charge in [0.15, 0.2) is 6.10 Å². The predicted molar refractivity (Wildman–Crippen MR) is 85.8 cm³/mol. The van der Waals surface area contributed by atoms with Crippen LogP contribution in [0.2, 0.25) is 0 Å². The predicted octanol–water partition coefficient (Wildman–Crippen LogP) is -1.73. The molecule has 0 radical (unpaired) electrons. The van der Waals surface area contributed by atoms with Crippen LogP contribution in [-0.4, -0.2) is 109 Å². The molecule has 26 heavy (non-hydrogen) atoms. The van der Waals surface area contributed by atoms with Crippen molar-refractivity contribution < 1.29 is 34.0 Å². The summed E-state index contributed by atoms with van der Waals surface area (Å²) >= 11 is 0. The third-order valence-corrected chi connectivity index (χ3v) is 4.97. The molecule has 11 heteroatoms. The number of carbonyl (C=O) groups excluding carboxylic acids is 1. The number of fused-ring (bicyclic) bond motifs is 1. The van der Waals surface area contributed by atoms with Gasteiger partial charge in [0, 0.05) is 39.6 Å². The second-order valence-corrected chi connectivity index (χ2v) is 6.80. The third kappa shape index (κ3) is 4.60. The number of rotatable bonds is 7. The molecule has 3 aliphatic heterocycles. The zero-order chi connectivity index (χ0) is 18.7. The van der Waals surface area contributed by atoms with Gasteiger partial charge >= 0.3 is 0 Å². The van der Waals surface area contributed by atoms with Gasteiger partial charge in [-0.25, -0.2) is 0 Å². The Balaban J connectivity index is 1.37. The minimum atomic E-state index is -0.844. The molecule has 1 N–H and O–H groups in total. The standard InChI is InChI=1S/C15H25N3O8/c1-10(19)17-4-2-16(3-5-17)6-11(20)7-23-12-8-24-15-13(26-18(21)22)9-25-14(12)15/h11-15,20H,2-9H2,1H3/t11?,12-,13+,14+,15+/m0/s1. The first-order valence-electron chi connectivity index (χ1n) is 8.76. The highest BCUT2D eigenvalue weighted by molar-refractivity contribution is 5.73. The highest BCUT2D eigenvalue weighted by atomic mass is 17.0. The van der Waals surface area contributed by atoms with Crippen molar-refractivity contribution in [2.24, 2.45) is 0 Å².